The fourth-order valence-electron chi connectivity index (χ4n) is 3.32. The van der Waals surface area contributed by atoms with E-state index in [1.807, 2.05) is 30.3 Å². The fraction of sp³-hybridized carbons (Fsp3) is 0.333. The number of anilines is 1. The Morgan fingerprint density at radius 3 is 3.16 bits per heavy atom. The maximum atomic E-state index is 11.6. The Morgan fingerprint density at radius 1 is 1.44 bits per heavy atom. The number of rotatable bonds is 4. The molecule has 0 fully saturated rings. The summed E-state index contributed by atoms with van der Waals surface area (Å²) in [5, 5.41) is 2.73. The molecule has 1 aliphatic rings. The summed E-state index contributed by atoms with van der Waals surface area (Å²) >= 11 is 0. The van der Waals surface area contributed by atoms with Crippen molar-refractivity contribution >= 4 is 22.8 Å². The number of furan rings is 1. The van der Waals surface area contributed by atoms with Crippen LogP contribution in [0, 0.1) is 0 Å². The molecule has 4 rings (SSSR count). The second-order valence-corrected chi connectivity index (χ2v) is 6.16. The summed E-state index contributed by atoms with van der Waals surface area (Å²) in [6.45, 7) is 5.81. The predicted molar refractivity (Wildman–Crippen MR) is 92.3 cm³/mol. The second kappa shape index (κ2) is 6.60. The van der Waals surface area contributed by atoms with Gasteiger partial charge in [-0.15, -0.1) is 0 Å². The number of nitrogens with zero attached hydrogens (tertiary/aromatic N) is 2. The normalized spacial score (nSPS) is 16.6. The van der Waals surface area contributed by atoms with Crippen molar-refractivity contribution < 1.29 is 18.8 Å². The van der Waals surface area contributed by atoms with Crippen molar-refractivity contribution in [1.82, 2.24) is 9.55 Å². The van der Waals surface area contributed by atoms with E-state index in [0.29, 0.717) is 12.3 Å². The van der Waals surface area contributed by atoms with Gasteiger partial charge in [-0.25, -0.2) is 9.78 Å². The average molecular weight is 341 g/mol. The molecule has 0 radical (unpaired) electrons. The number of amides is 1. The molecule has 3 heterocycles. The van der Waals surface area contributed by atoms with Gasteiger partial charge in [-0.1, -0.05) is 0 Å². The number of hydrogen-bond donors (Lipinski definition) is 2. The number of quaternary nitrogens is 1. The molecule has 1 amide bonds. The Hall–Kier alpha value is -2.80. The van der Waals surface area contributed by atoms with Gasteiger partial charge in [-0.3, -0.25) is 5.32 Å². The number of fused-ring (bicyclic) bond motifs is 3. The zero-order valence-electron chi connectivity index (χ0n) is 14.1. The largest absolute Gasteiger partial charge is 0.463 e. The highest BCUT2D eigenvalue weighted by atomic mass is 16.5. The highest BCUT2D eigenvalue weighted by molar-refractivity contribution is 5.88. The number of aromatic nitrogens is 2. The lowest BCUT2D eigenvalue weighted by Gasteiger charge is -2.24. The number of ether oxygens (including phenoxy) is 1. The summed E-state index contributed by atoms with van der Waals surface area (Å²) in [6, 6.07) is 9.72. The molecule has 0 saturated heterocycles. The van der Waals surface area contributed by atoms with Crippen molar-refractivity contribution in [2.45, 2.75) is 26.6 Å². The van der Waals surface area contributed by atoms with E-state index >= 15 is 0 Å². The molecule has 1 unspecified atom stereocenters. The van der Waals surface area contributed by atoms with Gasteiger partial charge in [-0.05, 0) is 37.3 Å². The molecule has 1 aromatic carbocycles. The minimum atomic E-state index is -0.445. The first-order chi connectivity index (χ1) is 12.2. The number of carbonyl (C=O) groups is 1. The third-order valence-electron chi connectivity index (χ3n) is 4.45. The van der Waals surface area contributed by atoms with E-state index in [0.717, 1.165) is 48.8 Å². The van der Waals surface area contributed by atoms with Crippen molar-refractivity contribution in [3.63, 3.8) is 0 Å². The van der Waals surface area contributed by atoms with E-state index in [1.165, 1.54) is 4.90 Å². The molecule has 7 nitrogen and oxygen atoms in total. The third-order valence-corrected chi connectivity index (χ3v) is 4.45. The van der Waals surface area contributed by atoms with Gasteiger partial charge in [0.15, 0.2) is 11.6 Å². The van der Waals surface area contributed by atoms with Crippen LogP contribution in [0.4, 0.5) is 10.5 Å². The zero-order chi connectivity index (χ0) is 17.2. The van der Waals surface area contributed by atoms with Gasteiger partial charge in [0.05, 0.1) is 37.0 Å². The van der Waals surface area contributed by atoms with E-state index in [2.05, 4.69) is 9.88 Å². The first-order valence-corrected chi connectivity index (χ1v) is 8.52. The molecule has 0 spiro atoms. The Bertz CT molecular complexity index is 885. The summed E-state index contributed by atoms with van der Waals surface area (Å²) in [6.07, 6.45) is 1.27. The molecule has 7 heteroatoms. The van der Waals surface area contributed by atoms with Gasteiger partial charge < -0.3 is 18.6 Å². The zero-order valence-corrected chi connectivity index (χ0v) is 14.1. The summed E-state index contributed by atoms with van der Waals surface area (Å²) < 4.78 is 12.6. The van der Waals surface area contributed by atoms with Gasteiger partial charge in [0.2, 0.25) is 0 Å². The average Bonchev–Trinajstić information content (AvgIpc) is 3.21. The molecule has 1 atom stereocenters. The maximum Gasteiger partial charge on any atom is 0.411 e. The van der Waals surface area contributed by atoms with E-state index in [4.69, 9.17) is 14.1 Å². The van der Waals surface area contributed by atoms with Crippen LogP contribution in [0.5, 0.6) is 0 Å². The summed E-state index contributed by atoms with van der Waals surface area (Å²) in [4.78, 5) is 17.8. The van der Waals surface area contributed by atoms with E-state index in [-0.39, 0.29) is 0 Å². The van der Waals surface area contributed by atoms with Crippen molar-refractivity contribution in [2.24, 2.45) is 0 Å². The smallest absolute Gasteiger partial charge is 0.411 e. The lowest BCUT2D eigenvalue weighted by Crippen LogP contribution is -3.10. The minimum absolute atomic E-state index is 0.348. The molecule has 0 aliphatic carbocycles. The first kappa shape index (κ1) is 15.7. The molecule has 2 aromatic heterocycles. The molecule has 25 heavy (non-hydrogen) atoms. The molecule has 1 aliphatic heterocycles. The van der Waals surface area contributed by atoms with Crippen LogP contribution in [0.25, 0.3) is 11.0 Å². The summed E-state index contributed by atoms with van der Waals surface area (Å²) in [5.41, 5.74) is 2.69. The highest BCUT2D eigenvalue weighted by Gasteiger charge is 2.23. The fourth-order valence-corrected chi connectivity index (χ4v) is 3.32. The Labute approximate surface area is 145 Å². The van der Waals surface area contributed by atoms with Crippen LogP contribution in [0.15, 0.2) is 41.0 Å². The van der Waals surface area contributed by atoms with Crippen LogP contribution in [0.3, 0.4) is 0 Å². The molecular weight excluding hydrogens is 320 g/mol. The molecule has 2 N–H and O–H groups in total. The van der Waals surface area contributed by atoms with E-state index in [9.17, 15) is 4.79 Å². The van der Waals surface area contributed by atoms with Crippen molar-refractivity contribution in [3.05, 3.63) is 48.2 Å². The molecular formula is C18H21N4O3+. The van der Waals surface area contributed by atoms with E-state index < -0.39 is 6.09 Å². The maximum absolute atomic E-state index is 11.6. The second-order valence-electron chi connectivity index (χ2n) is 6.16. The van der Waals surface area contributed by atoms with Gasteiger partial charge in [0, 0.05) is 5.69 Å². The van der Waals surface area contributed by atoms with Gasteiger partial charge >= 0.3 is 6.09 Å². The monoisotopic (exact) mass is 341 g/mol. The van der Waals surface area contributed by atoms with Gasteiger partial charge in [-0.2, -0.15) is 0 Å². The third kappa shape index (κ3) is 3.23. The van der Waals surface area contributed by atoms with Crippen LogP contribution in [0.1, 0.15) is 18.5 Å². The summed E-state index contributed by atoms with van der Waals surface area (Å²) in [7, 11) is 0. The lowest BCUT2D eigenvalue weighted by molar-refractivity contribution is -0.932. The molecule has 0 bridgehead atoms. The number of nitrogens with one attached hydrogen (secondary N) is 2. The molecule has 130 valence electrons. The predicted octanol–water partition coefficient (Wildman–Crippen LogP) is 1.80. The molecule has 3 aromatic rings. The summed E-state index contributed by atoms with van der Waals surface area (Å²) in [5.74, 6) is 2.07. The Kier molecular flexibility index (Phi) is 4.15. The van der Waals surface area contributed by atoms with Gasteiger partial charge in [0.25, 0.3) is 0 Å². The van der Waals surface area contributed by atoms with Crippen LogP contribution < -0.4 is 10.2 Å². The topological polar surface area (TPSA) is 73.7 Å². The quantitative estimate of drug-likeness (QED) is 0.759. The standard InChI is InChI=1S/C18H20N4O3/c1-2-24-18(23)19-13-5-6-16-15(10-13)20-17-12-21(7-8-22(16)17)11-14-4-3-9-25-14/h3-6,9-10H,2,7-8,11-12H2,1H3,(H,19,23)/p+1. The van der Waals surface area contributed by atoms with Crippen LogP contribution in [-0.4, -0.2) is 28.8 Å². The molecule has 0 saturated carbocycles. The first-order valence-electron chi connectivity index (χ1n) is 8.52. The van der Waals surface area contributed by atoms with Gasteiger partial charge in [0.1, 0.15) is 13.1 Å². The Morgan fingerprint density at radius 2 is 2.36 bits per heavy atom. The number of hydrogen-bond acceptors (Lipinski definition) is 4. The minimum Gasteiger partial charge on any atom is -0.463 e. The van der Waals surface area contributed by atoms with Crippen LogP contribution in [-0.2, 0) is 24.4 Å². The number of benzene rings is 1. The van der Waals surface area contributed by atoms with Crippen LogP contribution >= 0.6 is 0 Å². The van der Waals surface area contributed by atoms with Crippen molar-refractivity contribution in [2.75, 3.05) is 18.5 Å². The Balaban J connectivity index is 1.54. The van der Waals surface area contributed by atoms with E-state index in [1.54, 1.807) is 13.2 Å². The van der Waals surface area contributed by atoms with Crippen LogP contribution in [0.2, 0.25) is 0 Å². The van der Waals surface area contributed by atoms with Crippen molar-refractivity contribution in [3.8, 4) is 0 Å². The number of carbonyl (C=O) groups excluding carboxylic acids is 1. The number of imidazole rings is 1. The van der Waals surface area contributed by atoms with Crippen molar-refractivity contribution in [1.29, 1.82) is 0 Å². The SMILES string of the molecule is CCOC(=O)Nc1ccc2c(c1)nc1n2CC[NH+](Cc2ccco2)C1. The highest BCUT2D eigenvalue weighted by Crippen LogP contribution is 2.21. The lowest BCUT2D eigenvalue weighted by atomic mass is 10.2.